The van der Waals surface area contributed by atoms with Gasteiger partial charge < -0.3 is 14.6 Å². The number of carboxylic acid groups (broad SMARTS) is 1. The number of ether oxygens (including phenoxy) is 2. The Morgan fingerprint density at radius 1 is 1.26 bits per heavy atom. The zero-order chi connectivity index (χ0) is 20.0. The van der Waals surface area contributed by atoms with E-state index < -0.39 is 5.97 Å². The van der Waals surface area contributed by atoms with Crippen LogP contribution in [0.5, 0.6) is 5.75 Å². The minimum atomic E-state index is -1.07. The Morgan fingerprint density at radius 3 is 2.52 bits per heavy atom. The summed E-state index contributed by atoms with van der Waals surface area (Å²) in [4.78, 5) is 22.6. The number of allylic oxidation sites excluding steroid dienone is 3. The molecule has 1 aliphatic carbocycles. The Bertz CT molecular complexity index is 814. The molecule has 0 bridgehead atoms. The first kappa shape index (κ1) is 20.5. The molecule has 0 amide bonds. The molecule has 5 heteroatoms. The maximum absolute atomic E-state index is 11.7. The van der Waals surface area contributed by atoms with Crippen LogP contribution in [0.15, 0.2) is 35.4 Å². The highest BCUT2D eigenvalue weighted by molar-refractivity contribution is 5.90. The molecule has 1 aliphatic rings. The summed E-state index contributed by atoms with van der Waals surface area (Å²) in [5.41, 5.74) is 4.06. The third-order valence-electron chi connectivity index (χ3n) is 4.90. The SMILES string of the molecule is CCC1=C/C(=C(/OC)c2cc(OC)c(/C=C/C(=O)O)cc2C=O)C(CC)C1. The molecule has 144 valence electrons. The van der Waals surface area contributed by atoms with Gasteiger partial charge in [0.1, 0.15) is 11.5 Å². The van der Waals surface area contributed by atoms with E-state index in [0.29, 0.717) is 34.1 Å². The van der Waals surface area contributed by atoms with Crippen LogP contribution in [0.2, 0.25) is 0 Å². The Hall–Kier alpha value is -2.82. The van der Waals surface area contributed by atoms with E-state index in [2.05, 4.69) is 19.9 Å². The van der Waals surface area contributed by atoms with Gasteiger partial charge in [-0.2, -0.15) is 0 Å². The lowest BCUT2D eigenvalue weighted by molar-refractivity contribution is -0.131. The molecule has 0 spiro atoms. The predicted octanol–water partition coefficient (Wildman–Crippen LogP) is 4.73. The molecule has 5 nitrogen and oxygen atoms in total. The summed E-state index contributed by atoms with van der Waals surface area (Å²) >= 11 is 0. The third kappa shape index (κ3) is 4.48. The van der Waals surface area contributed by atoms with Gasteiger partial charge in [0.15, 0.2) is 6.29 Å². The summed E-state index contributed by atoms with van der Waals surface area (Å²) in [5.74, 6) is 0.433. The van der Waals surface area contributed by atoms with Crippen LogP contribution in [0.25, 0.3) is 11.8 Å². The average Bonchev–Trinajstić information content (AvgIpc) is 3.10. The maximum atomic E-state index is 11.7. The first-order chi connectivity index (χ1) is 13.0. The van der Waals surface area contributed by atoms with Gasteiger partial charge in [-0.25, -0.2) is 4.79 Å². The van der Waals surface area contributed by atoms with Crippen LogP contribution < -0.4 is 4.74 Å². The second-order valence-electron chi connectivity index (χ2n) is 6.42. The van der Waals surface area contributed by atoms with E-state index in [4.69, 9.17) is 14.6 Å². The molecule has 0 heterocycles. The minimum absolute atomic E-state index is 0.354. The summed E-state index contributed by atoms with van der Waals surface area (Å²) in [5, 5.41) is 8.86. The van der Waals surface area contributed by atoms with E-state index in [1.54, 1.807) is 19.2 Å². The Morgan fingerprint density at radius 2 is 2.00 bits per heavy atom. The molecule has 27 heavy (non-hydrogen) atoms. The zero-order valence-electron chi connectivity index (χ0n) is 16.2. The zero-order valence-corrected chi connectivity index (χ0v) is 16.2. The normalized spacial score (nSPS) is 18.4. The lowest BCUT2D eigenvalue weighted by atomic mass is 9.92. The van der Waals surface area contributed by atoms with Crippen LogP contribution in [0.3, 0.4) is 0 Å². The first-order valence-corrected chi connectivity index (χ1v) is 9.05. The van der Waals surface area contributed by atoms with Crippen LogP contribution in [0.1, 0.15) is 54.6 Å². The topological polar surface area (TPSA) is 72.8 Å². The number of rotatable bonds is 8. The molecule has 0 aromatic heterocycles. The number of carbonyl (C=O) groups is 2. The number of carbonyl (C=O) groups excluding carboxylic acids is 1. The molecule has 1 unspecified atom stereocenters. The summed E-state index contributed by atoms with van der Waals surface area (Å²) < 4.78 is 11.2. The maximum Gasteiger partial charge on any atom is 0.328 e. The number of aldehydes is 1. The molecule has 0 aliphatic heterocycles. The fourth-order valence-electron chi connectivity index (χ4n) is 3.44. The van der Waals surface area contributed by atoms with Crippen LogP contribution in [-0.2, 0) is 9.53 Å². The van der Waals surface area contributed by atoms with Crippen LogP contribution in [-0.4, -0.2) is 31.6 Å². The van der Waals surface area contributed by atoms with Crippen molar-refractivity contribution in [2.75, 3.05) is 14.2 Å². The van der Waals surface area contributed by atoms with Crippen LogP contribution >= 0.6 is 0 Å². The number of methoxy groups -OCH3 is 2. The second kappa shape index (κ2) is 9.21. The molecular formula is C22H26O5. The van der Waals surface area contributed by atoms with Crippen molar-refractivity contribution in [3.8, 4) is 5.75 Å². The molecule has 2 rings (SSSR count). The van der Waals surface area contributed by atoms with Crippen molar-refractivity contribution in [3.63, 3.8) is 0 Å². The smallest absolute Gasteiger partial charge is 0.328 e. The van der Waals surface area contributed by atoms with Gasteiger partial charge >= 0.3 is 5.97 Å². The monoisotopic (exact) mass is 370 g/mol. The number of benzene rings is 1. The number of carboxylic acids is 1. The molecule has 0 fully saturated rings. The predicted molar refractivity (Wildman–Crippen MR) is 106 cm³/mol. The van der Waals surface area contributed by atoms with E-state index in [-0.39, 0.29) is 0 Å². The van der Waals surface area contributed by atoms with Crippen molar-refractivity contribution in [1.82, 2.24) is 0 Å². The molecule has 0 saturated carbocycles. The van der Waals surface area contributed by atoms with Gasteiger partial charge in [-0.15, -0.1) is 0 Å². The molecular weight excluding hydrogens is 344 g/mol. The molecule has 0 saturated heterocycles. The van der Waals surface area contributed by atoms with Gasteiger partial charge in [0.05, 0.1) is 14.2 Å². The third-order valence-corrected chi connectivity index (χ3v) is 4.90. The molecule has 1 atom stereocenters. The Labute approximate surface area is 160 Å². The van der Waals surface area contributed by atoms with Crippen molar-refractivity contribution in [1.29, 1.82) is 0 Å². The summed E-state index contributed by atoms with van der Waals surface area (Å²) in [6.45, 7) is 4.28. The van der Waals surface area contributed by atoms with Crippen molar-refractivity contribution < 1.29 is 24.2 Å². The Kier molecular flexibility index (Phi) is 6.99. The number of hydrogen-bond donors (Lipinski definition) is 1. The fraction of sp³-hybridized carbons (Fsp3) is 0.364. The molecule has 1 N–H and O–H groups in total. The van der Waals surface area contributed by atoms with Crippen LogP contribution in [0, 0.1) is 5.92 Å². The minimum Gasteiger partial charge on any atom is -0.496 e. The first-order valence-electron chi connectivity index (χ1n) is 9.05. The highest BCUT2D eigenvalue weighted by Gasteiger charge is 2.26. The van der Waals surface area contributed by atoms with E-state index in [0.717, 1.165) is 37.2 Å². The highest BCUT2D eigenvalue weighted by Crippen LogP contribution is 2.40. The van der Waals surface area contributed by atoms with Crippen molar-refractivity contribution >= 4 is 24.1 Å². The van der Waals surface area contributed by atoms with Crippen molar-refractivity contribution in [2.24, 2.45) is 5.92 Å². The van der Waals surface area contributed by atoms with E-state index in [1.807, 2.05) is 0 Å². The standard InChI is InChI=1S/C22H26O5/c1-5-14-9-15(6-2)18(10-14)22(27-4)19-12-20(26-3)16(7-8-21(24)25)11-17(19)13-23/h7-8,10-13,15H,5-6,9H2,1-4H3,(H,24,25)/b8-7+,22-18-. The number of aliphatic carboxylic acids is 1. The summed E-state index contributed by atoms with van der Waals surface area (Å²) in [6, 6.07) is 3.36. The summed E-state index contributed by atoms with van der Waals surface area (Å²) in [6.07, 6.45) is 8.33. The van der Waals surface area contributed by atoms with Gasteiger partial charge in [-0.1, -0.05) is 25.5 Å². The average molecular weight is 370 g/mol. The number of hydrogen-bond acceptors (Lipinski definition) is 4. The molecule has 1 aromatic rings. The van der Waals surface area contributed by atoms with Gasteiger partial charge in [-0.05, 0) is 49.0 Å². The molecule has 1 aromatic carbocycles. The van der Waals surface area contributed by atoms with E-state index in [1.165, 1.54) is 18.8 Å². The van der Waals surface area contributed by atoms with Crippen LogP contribution in [0.4, 0.5) is 0 Å². The second-order valence-corrected chi connectivity index (χ2v) is 6.42. The largest absolute Gasteiger partial charge is 0.496 e. The van der Waals surface area contributed by atoms with Gasteiger partial charge in [0, 0.05) is 22.8 Å². The van der Waals surface area contributed by atoms with E-state index >= 15 is 0 Å². The van der Waals surface area contributed by atoms with Crippen molar-refractivity contribution in [3.05, 3.63) is 52.1 Å². The van der Waals surface area contributed by atoms with E-state index in [9.17, 15) is 9.59 Å². The quantitative estimate of drug-likeness (QED) is 0.407. The van der Waals surface area contributed by atoms with Gasteiger partial charge in [0.2, 0.25) is 0 Å². The lowest BCUT2D eigenvalue weighted by Gasteiger charge is -2.18. The van der Waals surface area contributed by atoms with Crippen molar-refractivity contribution in [2.45, 2.75) is 33.1 Å². The lowest BCUT2D eigenvalue weighted by Crippen LogP contribution is -2.04. The van der Waals surface area contributed by atoms with Gasteiger partial charge in [0.25, 0.3) is 0 Å². The molecule has 0 radical (unpaired) electrons. The highest BCUT2D eigenvalue weighted by atomic mass is 16.5. The summed E-state index contributed by atoms with van der Waals surface area (Å²) in [7, 11) is 3.11. The fourth-order valence-corrected chi connectivity index (χ4v) is 3.44. The van der Waals surface area contributed by atoms with Gasteiger partial charge in [-0.3, -0.25) is 4.79 Å². The Balaban J connectivity index is 2.68.